The van der Waals surface area contributed by atoms with Gasteiger partial charge in [0.1, 0.15) is 0 Å². The Labute approximate surface area is 149 Å². The number of sulfonamides is 1. The van der Waals surface area contributed by atoms with Crippen molar-refractivity contribution in [3.8, 4) is 5.69 Å². The highest BCUT2D eigenvalue weighted by atomic mass is 35.5. The summed E-state index contributed by atoms with van der Waals surface area (Å²) in [7, 11) is -3.32. The van der Waals surface area contributed by atoms with E-state index in [0.29, 0.717) is 17.8 Å². The van der Waals surface area contributed by atoms with Gasteiger partial charge in [-0.25, -0.2) is 17.8 Å². The summed E-state index contributed by atoms with van der Waals surface area (Å²) in [5, 5.41) is 7.02. The van der Waals surface area contributed by atoms with Crippen LogP contribution in [0.4, 0.5) is 5.69 Å². The molecule has 0 aromatic carbocycles. The van der Waals surface area contributed by atoms with Gasteiger partial charge >= 0.3 is 0 Å². The highest BCUT2D eigenvalue weighted by molar-refractivity contribution is 7.88. The summed E-state index contributed by atoms with van der Waals surface area (Å²) < 4.78 is 26.5. The lowest BCUT2D eigenvalue weighted by atomic mass is 10.1. The molecule has 1 aliphatic rings. The molecule has 25 heavy (non-hydrogen) atoms. The summed E-state index contributed by atoms with van der Waals surface area (Å²) in [6.07, 6.45) is 9.65. The van der Waals surface area contributed by atoms with E-state index in [1.165, 1.54) is 4.68 Å². The van der Waals surface area contributed by atoms with Crippen molar-refractivity contribution in [2.75, 3.05) is 11.6 Å². The van der Waals surface area contributed by atoms with Gasteiger partial charge in [0.15, 0.2) is 5.15 Å². The first-order valence-electron chi connectivity index (χ1n) is 7.44. The molecule has 8 nitrogen and oxygen atoms in total. The highest BCUT2D eigenvalue weighted by Crippen LogP contribution is 2.25. The predicted octanol–water partition coefficient (Wildman–Crippen LogP) is 1.35. The van der Waals surface area contributed by atoms with Gasteiger partial charge in [-0.3, -0.25) is 9.78 Å². The van der Waals surface area contributed by atoms with Crippen molar-refractivity contribution in [2.45, 2.75) is 12.5 Å². The second-order valence-electron chi connectivity index (χ2n) is 5.70. The third-order valence-electron chi connectivity index (χ3n) is 3.62. The largest absolute Gasteiger partial charge is 0.322 e. The maximum Gasteiger partial charge on any atom is 0.231 e. The summed E-state index contributed by atoms with van der Waals surface area (Å²) in [6.45, 7) is 0. The molecular weight excluding hydrogens is 366 g/mol. The molecule has 0 fully saturated rings. The van der Waals surface area contributed by atoms with Crippen LogP contribution in [0, 0.1) is 5.92 Å². The van der Waals surface area contributed by atoms with Crippen LogP contribution < -0.4 is 10.0 Å². The van der Waals surface area contributed by atoms with Crippen LogP contribution in [0.15, 0.2) is 42.9 Å². The fourth-order valence-electron chi connectivity index (χ4n) is 2.54. The molecular formula is C15H16ClN5O3S. The molecule has 2 aromatic rings. The Hall–Kier alpha value is -2.23. The predicted molar refractivity (Wildman–Crippen MR) is 94.0 cm³/mol. The summed E-state index contributed by atoms with van der Waals surface area (Å²) in [5.41, 5.74) is 1.09. The molecule has 2 N–H and O–H groups in total. The molecule has 0 unspecified atom stereocenters. The number of nitrogens with one attached hydrogen (secondary N) is 2. The lowest BCUT2D eigenvalue weighted by Gasteiger charge is -2.12. The van der Waals surface area contributed by atoms with Crippen LogP contribution in [0.3, 0.4) is 0 Å². The van der Waals surface area contributed by atoms with E-state index in [4.69, 9.17) is 11.6 Å². The van der Waals surface area contributed by atoms with Gasteiger partial charge in [0.2, 0.25) is 15.9 Å². The molecule has 3 rings (SSSR count). The van der Waals surface area contributed by atoms with Gasteiger partial charge in [-0.2, -0.15) is 5.10 Å². The van der Waals surface area contributed by atoms with Gasteiger partial charge in [-0.1, -0.05) is 23.8 Å². The zero-order valence-electron chi connectivity index (χ0n) is 13.3. The molecule has 0 saturated carbocycles. The van der Waals surface area contributed by atoms with Gasteiger partial charge in [-0.05, 0) is 18.6 Å². The van der Waals surface area contributed by atoms with Crippen molar-refractivity contribution in [1.29, 1.82) is 0 Å². The van der Waals surface area contributed by atoms with Crippen LogP contribution in [-0.2, 0) is 14.8 Å². The minimum absolute atomic E-state index is 0.157. The van der Waals surface area contributed by atoms with Gasteiger partial charge in [0, 0.05) is 12.2 Å². The van der Waals surface area contributed by atoms with E-state index in [2.05, 4.69) is 20.1 Å². The average Bonchev–Trinajstić information content (AvgIpc) is 3.14. The summed E-state index contributed by atoms with van der Waals surface area (Å²) >= 11 is 6.08. The number of aromatic nitrogens is 3. The van der Waals surface area contributed by atoms with E-state index in [9.17, 15) is 13.2 Å². The van der Waals surface area contributed by atoms with Crippen molar-refractivity contribution in [3.63, 3.8) is 0 Å². The first-order chi connectivity index (χ1) is 11.8. The minimum atomic E-state index is -3.32. The number of rotatable bonds is 5. The number of carbonyl (C=O) groups excluding carboxylic acids is 1. The Morgan fingerprint density at radius 2 is 2.20 bits per heavy atom. The van der Waals surface area contributed by atoms with Crippen LogP contribution in [0.5, 0.6) is 0 Å². The number of hydrogen-bond acceptors (Lipinski definition) is 5. The maximum absolute atomic E-state index is 12.4. The van der Waals surface area contributed by atoms with Crippen LogP contribution in [0.1, 0.15) is 6.42 Å². The number of halogens is 1. The topological polar surface area (TPSA) is 106 Å². The molecule has 0 radical (unpaired) electrons. The van der Waals surface area contributed by atoms with Gasteiger partial charge in [0.05, 0.1) is 35.9 Å². The molecule has 10 heteroatoms. The molecule has 132 valence electrons. The zero-order valence-corrected chi connectivity index (χ0v) is 14.8. The SMILES string of the molecule is CS(=O)(=O)N[C@@H]1C=C[C@H](C(=O)Nc2cn(-c3cccnc3)nc2Cl)C1. The first kappa shape index (κ1) is 17.6. The van der Waals surface area contributed by atoms with E-state index < -0.39 is 15.9 Å². The van der Waals surface area contributed by atoms with E-state index in [0.717, 1.165) is 6.26 Å². The molecule has 0 saturated heterocycles. The first-order valence-corrected chi connectivity index (χ1v) is 9.71. The molecule has 0 aliphatic heterocycles. The van der Waals surface area contributed by atoms with Gasteiger partial charge in [-0.15, -0.1) is 0 Å². The number of carbonyl (C=O) groups is 1. The highest BCUT2D eigenvalue weighted by Gasteiger charge is 2.27. The lowest BCUT2D eigenvalue weighted by molar-refractivity contribution is -0.118. The Morgan fingerprint density at radius 1 is 1.40 bits per heavy atom. The molecule has 1 amide bonds. The molecule has 0 spiro atoms. The minimum Gasteiger partial charge on any atom is -0.322 e. The standard InChI is InChI=1S/C15H16ClN5O3S/c1-25(23,24)20-11-5-4-10(7-11)15(22)18-13-9-21(19-14(13)16)12-3-2-6-17-8-12/h2-6,8-11,20H,7H2,1H3,(H,18,22)/t10-,11+/m0/s1. The van der Waals surface area contributed by atoms with Crippen molar-refractivity contribution in [2.24, 2.45) is 5.92 Å². The fourth-order valence-corrected chi connectivity index (χ4v) is 3.44. The van der Waals surface area contributed by atoms with Crippen molar-refractivity contribution < 1.29 is 13.2 Å². The normalized spacial score (nSPS) is 19.9. The molecule has 2 heterocycles. The summed E-state index contributed by atoms with van der Waals surface area (Å²) in [4.78, 5) is 16.4. The van der Waals surface area contributed by atoms with Crippen molar-refractivity contribution in [3.05, 3.63) is 48.0 Å². The van der Waals surface area contributed by atoms with Crippen LogP contribution in [-0.4, -0.2) is 41.4 Å². The Kier molecular flexibility index (Phi) is 4.89. The second-order valence-corrected chi connectivity index (χ2v) is 7.84. The second kappa shape index (κ2) is 6.95. The van der Waals surface area contributed by atoms with E-state index in [1.807, 2.05) is 6.07 Å². The molecule has 2 atom stereocenters. The van der Waals surface area contributed by atoms with Gasteiger partial charge in [0.25, 0.3) is 0 Å². The van der Waals surface area contributed by atoms with Crippen molar-refractivity contribution in [1.82, 2.24) is 19.5 Å². The Morgan fingerprint density at radius 3 is 2.88 bits per heavy atom. The zero-order chi connectivity index (χ0) is 18.0. The van der Waals surface area contributed by atoms with E-state index >= 15 is 0 Å². The maximum atomic E-state index is 12.4. The average molecular weight is 382 g/mol. The quantitative estimate of drug-likeness (QED) is 0.760. The third-order valence-corrected chi connectivity index (χ3v) is 4.63. The van der Waals surface area contributed by atoms with E-state index in [-0.39, 0.29) is 17.1 Å². The van der Waals surface area contributed by atoms with Crippen LogP contribution in [0.25, 0.3) is 5.69 Å². The summed E-state index contributed by atoms with van der Waals surface area (Å²) in [5.74, 6) is -0.723. The van der Waals surface area contributed by atoms with Crippen LogP contribution >= 0.6 is 11.6 Å². The summed E-state index contributed by atoms with van der Waals surface area (Å²) in [6, 6.07) is 3.18. The number of amides is 1. The molecule has 0 bridgehead atoms. The number of pyridine rings is 1. The molecule has 2 aromatic heterocycles. The smallest absolute Gasteiger partial charge is 0.231 e. The number of anilines is 1. The third kappa shape index (κ3) is 4.44. The van der Waals surface area contributed by atoms with Gasteiger partial charge < -0.3 is 5.32 Å². The Balaban J connectivity index is 1.66. The number of hydrogen-bond donors (Lipinski definition) is 2. The fraction of sp³-hybridized carbons (Fsp3) is 0.267. The van der Waals surface area contributed by atoms with Crippen molar-refractivity contribution >= 4 is 33.2 Å². The number of nitrogens with zero attached hydrogens (tertiary/aromatic N) is 3. The molecule has 1 aliphatic carbocycles. The van der Waals surface area contributed by atoms with E-state index in [1.54, 1.807) is 36.8 Å². The monoisotopic (exact) mass is 381 g/mol. The Bertz CT molecular complexity index is 911. The lowest BCUT2D eigenvalue weighted by Crippen LogP contribution is -2.33. The van der Waals surface area contributed by atoms with Crippen LogP contribution in [0.2, 0.25) is 5.15 Å².